The van der Waals surface area contributed by atoms with E-state index in [1.165, 1.54) is 32.4 Å². The van der Waals surface area contributed by atoms with Crippen molar-refractivity contribution in [3.8, 4) is 23.6 Å². The molecule has 0 aliphatic rings. The standard InChI is InChI=1S/C12H9N3O4/c1-18-11-5-10(15(16)17)12(19-2)4-9(11)3-8(6-13)7-14/h3-5H,1-2H3. The Kier molecular flexibility index (Phi) is 4.44. The largest absolute Gasteiger partial charge is 0.496 e. The molecule has 0 fully saturated rings. The zero-order chi connectivity index (χ0) is 14.4. The van der Waals surface area contributed by atoms with Gasteiger partial charge in [-0.25, -0.2) is 0 Å². The van der Waals surface area contributed by atoms with E-state index in [1.54, 1.807) is 12.1 Å². The van der Waals surface area contributed by atoms with Gasteiger partial charge in [-0.2, -0.15) is 10.5 Å². The molecule has 19 heavy (non-hydrogen) atoms. The molecule has 7 nitrogen and oxygen atoms in total. The Labute approximate surface area is 109 Å². The predicted octanol–water partition coefficient (Wildman–Crippen LogP) is 2.04. The highest BCUT2D eigenvalue weighted by Crippen LogP contribution is 2.35. The molecule has 0 aliphatic heterocycles. The number of nitro groups is 1. The summed E-state index contributed by atoms with van der Waals surface area (Å²) in [5, 5.41) is 28.2. The van der Waals surface area contributed by atoms with E-state index in [4.69, 9.17) is 20.0 Å². The van der Waals surface area contributed by atoms with Crippen LogP contribution in [-0.2, 0) is 0 Å². The maximum Gasteiger partial charge on any atom is 0.314 e. The lowest BCUT2D eigenvalue weighted by atomic mass is 10.1. The quantitative estimate of drug-likeness (QED) is 0.465. The van der Waals surface area contributed by atoms with Gasteiger partial charge in [0.05, 0.1) is 25.2 Å². The van der Waals surface area contributed by atoms with Crippen molar-refractivity contribution in [2.75, 3.05) is 14.2 Å². The molecule has 0 saturated heterocycles. The van der Waals surface area contributed by atoms with Gasteiger partial charge in [-0.05, 0) is 12.1 Å². The van der Waals surface area contributed by atoms with E-state index in [9.17, 15) is 10.1 Å². The Bertz CT molecular complexity index is 607. The summed E-state index contributed by atoms with van der Waals surface area (Å²) in [5.74, 6) is 0.197. The number of methoxy groups -OCH3 is 2. The number of nitrogens with zero attached hydrogens (tertiary/aromatic N) is 3. The average molecular weight is 259 g/mol. The minimum atomic E-state index is -0.607. The van der Waals surface area contributed by atoms with Crippen molar-refractivity contribution in [1.29, 1.82) is 10.5 Å². The van der Waals surface area contributed by atoms with Crippen molar-refractivity contribution in [1.82, 2.24) is 0 Å². The highest BCUT2D eigenvalue weighted by Gasteiger charge is 2.19. The van der Waals surface area contributed by atoms with Crippen LogP contribution >= 0.6 is 0 Å². The SMILES string of the molecule is COc1cc([N+](=O)[O-])c(OC)cc1C=C(C#N)C#N. The molecule has 0 bridgehead atoms. The third kappa shape index (κ3) is 2.99. The number of nitriles is 2. The molecule has 0 heterocycles. The fraction of sp³-hybridized carbons (Fsp3) is 0.167. The van der Waals surface area contributed by atoms with Gasteiger partial charge < -0.3 is 9.47 Å². The first-order valence-corrected chi connectivity index (χ1v) is 4.99. The summed E-state index contributed by atoms with van der Waals surface area (Å²) >= 11 is 0. The van der Waals surface area contributed by atoms with Gasteiger partial charge >= 0.3 is 5.69 Å². The van der Waals surface area contributed by atoms with Crippen LogP contribution in [0.4, 0.5) is 5.69 Å². The normalized spacial score (nSPS) is 8.84. The molecule has 1 aromatic carbocycles. The monoisotopic (exact) mass is 259 g/mol. The van der Waals surface area contributed by atoms with Crippen LogP contribution in [0.5, 0.6) is 11.5 Å². The van der Waals surface area contributed by atoms with Gasteiger partial charge in [0.15, 0.2) is 5.75 Å². The molecule has 0 aromatic heterocycles. The zero-order valence-corrected chi connectivity index (χ0v) is 10.2. The van der Waals surface area contributed by atoms with Crippen LogP contribution in [0.3, 0.4) is 0 Å². The van der Waals surface area contributed by atoms with E-state index in [-0.39, 0.29) is 22.8 Å². The second-order valence-corrected chi connectivity index (χ2v) is 3.30. The fourth-order valence-corrected chi connectivity index (χ4v) is 1.41. The number of allylic oxidation sites excluding steroid dienone is 1. The first kappa shape index (κ1) is 14.0. The summed E-state index contributed by atoms with van der Waals surface area (Å²) < 4.78 is 9.91. The number of rotatable bonds is 4. The lowest BCUT2D eigenvalue weighted by molar-refractivity contribution is -0.385. The van der Waals surface area contributed by atoms with Crippen LogP contribution in [0.25, 0.3) is 6.08 Å². The molecule has 0 aliphatic carbocycles. The van der Waals surface area contributed by atoms with Gasteiger partial charge in [0.1, 0.15) is 23.5 Å². The minimum Gasteiger partial charge on any atom is -0.496 e. The van der Waals surface area contributed by atoms with E-state index in [2.05, 4.69) is 0 Å². The second kappa shape index (κ2) is 6.03. The second-order valence-electron chi connectivity index (χ2n) is 3.30. The number of ether oxygens (including phenoxy) is 2. The van der Waals surface area contributed by atoms with Gasteiger partial charge in [0, 0.05) is 5.56 Å². The van der Waals surface area contributed by atoms with Crippen molar-refractivity contribution in [3.63, 3.8) is 0 Å². The van der Waals surface area contributed by atoms with Crippen LogP contribution in [-0.4, -0.2) is 19.1 Å². The molecule has 0 N–H and O–H groups in total. The molecule has 7 heteroatoms. The molecule has 0 unspecified atom stereocenters. The Hall–Kier alpha value is -3.06. The van der Waals surface area contributed by atoms with Crippen LogP contribution in [0.1, 0.15) is 5.56 Å². The molecule has 0 radical (unpaired) electrons. The third-order valence-electron chi connectivity index (χ3n) is 2.27. The molecule has 1 rings (SSSR count). The van der Waals surface area contributed by atoms with Crippen LogP contribution in [0.2, 0.25) is 0 Å². The first-order chi connectivity index (χ1) is 9.07. The molecule has 0 atom stereocenters. The van der Waals surface area contributed by atoms with Gasteiger partial charge in [-0.3, -0.25) is 10.1 Å². The van der Waals surface area contributed by atoms with Crippen LogP contribution in [0.15, 0.2) is 17.7 Å². The topological polar surface area (TPSA) is 109 Å². The molecular weight excluding hydrogens is 250 g/mol. The number of hydrogen-bond donors (Lipinski definition) is 0. The third-order valence-corrected chi connectivity index (χ3v) is 2.27. The Morgan fingerprint density at radius 1 is 1.26 bits per heavy atom. The Morgan fingerprint density at radius 2 is 1.84 bits per heavy atom. The molecular formula is C12H9N3O4. The van der Waals surface area contributed by atoms with Crippen molar-refractivity contribution in [2.24, 2.45) is 0 Å². The predicted molar refractivity (Wildman–Crippen MR) is 65.4 cm³/mol. The highest BCUT2D eigenvalue weighted by molar-refractivity contribution is 5.70. The van der Waals surface area contributed by atoms with Crippen LogP contribution < -0.4 is 9.47 Å². The number of benzene rings is 1. The molecule has 1 aromatic rings. The lowest BCUT2D eigenvalue weighted by Crippen LogP contribution is -1.97. The summed E-state index contributed by atoms with van der Waals surface area (Å²) in [4.78, 5) is 10.2. The van der Waals surface area contributed by atoms with E-state index >= 15 is 0 Å². The fourth-order valence-electron chi connectivity index (χ4n) is 1.41. The minimum absolute atomic E-state index is 0.0206. The van der Waals surface area contributed by atoms with E-state index in [1.807, 2.05) is 0 Å². The Balaban J connectivity index is 3.51. The summed E-state index contributed by atoms with van der Waals surface area (Å²) in [5.41, 5.74) is -0.0516. The van der Waals surface area contributed by atoms with Gasteiger partial charge in [0.2, 0.25) is 0 Å². The maximum absolute atomic E-state index is 10.8. The molecule has 96 valence electrons. The molecule has 0 saturated carbocycles. The first-order valence-electron chi connectivity index (χ1n) is 4.99. The van der Waals surface area contributed by atoms with Crippen molar-refractivity contribution < 1.29 is 14.4 Å². The van der Waals surface area contributed by atoms with E-state index in [0.717, 1.165) is 0 Å². The van der Waals surface area contributed by atoms with Crippen molar-refractivity contribution >= 4 is 11.8 Å². The number of hydrogen-bond acceptors (Lipinski definition) is 6. The average Bonchev–Trinajstić information content (AvgIpc) is 2.43. The summed E-state index contributed by atoms with van der Waals surface area (Å²) in [7, 11) is 2.62. The van der Waals surface area contributed by atoms with Gasteiger partial charge in [-0.15, -0.1) is 0 Å². The van der Waals surface area contributed by atoms with Crippen LogP contribution in [0, 0.1) is 32.8 Å². The highest BCUT2D eigenvalue weighted by atomic mass is 16.6. The summed E-state index contributed by atoms with van der Waals surface area (Å²) in [6, 6.07) is 5.91. The smallest absolute Gasteiger partial charge is 0.314 e. The molecule has 0 amide bonds. The zero-order valence-electron chi connectivity index (χ0n) is 10.2. The lowest BCUT2D eigenvalue weighted by Gasteiger charge is -2.08. The molecule has 0 spiro atoms. The maximum atomic E-state index is 10.8. The van der Waals surface area contributed by atoms with Crippen molar-refractivity contribution in [3.05, 3.63) is 33.4 Å². The number of nitro benzene ring substituents is 1. The van der Waals surface area contributed by atoms with Gasteiger partial charge in [0.25, 0.3) is 0 Å². The van der Waals surface area contributed by atoms with E-state index in [0.29, 0.717) is 5.56 Å². The van der Waals surface area contributed by atoms with Gasteiger partial charge in [-0.1, -0.05) is 0 Å². The van der Waals surface area contributed by atoms with Crippen molar-refractivity contribution in [2.45, 2.75) is 0 Å². The van der Waals surface area contributed by atoms with E-state index < -0.39 is 4.92 Å². The summed E-state index contributed by atoms with van der Waals surface area (Å²) in [6.45, 7) is 0. The summed E-state index contributed by atoms with van der Waals surface area (Å²) in [6.07, 6.45) is 1.27. The Morgan fingerprint density at radius 3 is 2.26 bits per heavy atom.